The van der Waals surface area contributed by atoms with Crippen LogP contribution in [0.1, 0.15) is 15.9 Å². The van der Waals surface area contributed by atoms with E-state index in [-0.39, 0.29) is 5.91 Å². The van der Waals surface area contributed by atoms with Crippen molar-refractivity contribution in [2.45, 2.75) is 6.61 Å². The van der Waals surface area contributed by atoms with Crippen LogP contribution in [0, 0.1) is 0 Å². The van der Waals surface area contributed by atoms with Gasteiger partial charge in [-0.3, -0.25) is 14.3 Å². The molecule has 0 aliphatic carbocycles. The van der Waals surface area contributed by atoms with Gasteiger partial charge in [0.1, 0.15) is 30.1 Å². The maximum absolute atomic E-state index is 12.7. The van der Waals surface area contributed by atoms with Gasteiger partial charge in [-0.25, -0.2) is 9.97 Å². The molecule has 1 saturated heterocycles. The van der Waals surface area contributed by atoms with Crippen LogP contribution in [0.2, 0.25) is 0 Å². The Morgan fingerprint density at radius 2 is 1.94 bits per heavy atom. The largest absolute Gasteiger partial charge is 0.489 e. The zero-order valence-electron chi connectivity index (χ0n) is 17.9. The number of pyridine rings is 1. The molecule has 1 fully saturated rings. The van der Waals surface area contributed by atoms with Gasteiger partial charge in [0.15, 0.2) is 0 Å². The molecule has 3 aromatic heterocycles. The summed E-state index contributed by atoms with van der Waals surface area (Å²) < 4.78 is 7.82. The number of ether oxygens (including phenoxy) is 1. The lowest BCUT2D eigenvalue weighted by molar-refractivity contribution is 0.0737. The standard InChI is InChI=1S/C23H24N8O2/c24-20-10-17(1-2-18(20)23(32)30-7-4-26-5-8-30)33-13-15-9-16(12-27-11-15)31-6-3-19-21(25)28-14-29-22(19)31/h1-3,6,9-12,14,26H,4-5,7-8,13,24H2,(H2,25,28,29). The zero-order chi connectivity index (χ0) is 22.8. The van der Waals surface area contributed by atoms with Crippen molar-refractivity contribution < 1.29 is 9.53 Å². The minimum Gasteiger partial charge on any atom is -0.489 e. The van der Waals surface area contributed by atoms with Crippen molar-refractivity contribution in [2.24, 2.45) is 0 Å². The van der Waals surface area contributed by atoms with Crippen molar-refractivity contribution >= 4 is 28.4 Å². The Morgan fingerprint density at radius 1 is 1.09 bits per heavy atom. The lowest BCUT2D eigenvalue weighted by atomic mass is 10.1. The van der Waals surface area contributed by atoms with Gasteiger partial charge in [-0.05, 0) is 24.3 Å². The van der Waals surface area contributed by atoms with Gasteiger partial charge in [0, 0.05) is 55.9 Å². The summed E-state index contributed by atoms with van der Waals surface area (Å²) in [7, 11) is 0. The fourth-order valence-electron chi connectivity index (χ4n) is 3.89. The first-order valence-electron chi connectivity index (χ1n) is 10.6. The molecular formula is C23H24N8O2. The van der Waals surface area contributed by atoms with Gasteiger partial charge in [-0.1, -0.05) is 0 Å². The van der Waals surface area contributed by atoms with E-state index in [0.717, 1.165) is 29.7 Å². The summed E-state index contributed by atoms with van der Waals surface area (Å²) in [6.45, 7) is 3.23. The van der Waals surface area contributed by atoms with E-state index < -0.39 is 0 Å². The second-order valence-electron chi connectivity index (χ2n) is 7.81. The fourth-order valence-corrected chi connectivity index (χ4v) is 3.89. The molecule has 5 rings (SSSR count). The second kappa shape index (κ2) is 8.75. The van der Waals surface area contributed by atoms with Gasteiger partial charge >= 0.3 is 0 Å². The molecule has 10 heteroatoms. The van der Waals surface area contributed by atoms with E-state index in [0.29, 0.717) is 48.2 Å². The first kappa shape index (κ1) is 20.7. The number of nitrogens with zero attached hydrogens (tertiary/aromatic N) is 5. The lowest BCUT2D eigenvalue weighted by Crippen LogP contribution is -2.46. The summed E-state index contributed by atoms with van der Waals surface area (Å²) in [4.78, 5) is 27.2. The molecule has 33 heavy (non-hydrogen) atoms. The summed E-state index contributed by atoms with van der Waals surface area (Å²) in [5, 5.41) is 4.02. The van der Waals surface area contributed by atoms with Crippen LogP contribution in [0.5, 0.6) is 5.75 Å². The number of rotatable bonds is 5. The Labute approximate surface area is 190 Å². The van der Waals surface area contributed by atoms with Gasteiger partial charge in [0.2, 0.25) is 0 Å². The Kier molecular flexibility index (Phi) is 5.49. The molecule has 1 aromatic carbocycles. The number of fused-ring (bicyclic) bond motifs is 1. The predicted molar refractivity (Wildman–Crippen MR) is 125 cm³/mol. The van der Waals surface area contributed by atoms with E-state index in [4.69, 9.17) is 16.2 Å². The number of nitrogens with one attached hydrogen (secondary N) is 1. The third kappa shape index (κ3) is 4.15. The molecule has 1 aliphatic rings. The number of aromatic nitrogens is 4. The summed E-state index contributed by atoms with van der Waals surface area (Å²) in [6.07, 6.45) is 6.81. The number of nitrogens with two attached hydrogens (primary N) is 2. The van der Waals surface area contributed by atoms with E-state index in [2.05, 4.69) is 20.3 Å². The molecule has 5 N–H and O–H groups in total. The molecule has 0 saturated carbocycles. The van der Waals surface area contributed by atoms with Crippen molar-refractivity contribution in [3.05, 3.63) is 66.4 Å². The van der Waals surface area contributed by atoms with Crippen LogP contribution in [0.4, 0.5) is 11.5 Å². The molecule has 0 unspecified atom stereocenters. The van der Waals surface area contributed by atoms with Crippen molar-refractivity contribution in [3.63, 3.8) is 0 Å². The van der Waals surface area contributed by atoms with Gasteiger partial charge in [-0.15, -0.1) is 0 Å². The Morgan fingerprint density at radius 3 is 2.76 bits per heavy atom. The van der Waals surface area contributed by atoms with Crippen LogP contribution in [0.3, 0.4) is 0 Å². The lowest BCUT2D eigenvalue weighted by Gasteiger charge is -2.27. The van der Waals surface area contributed by atoms with E-state index >= 15 is 0 Å². The minimum absolute atomic E-state index is 0.0548. The number of anilines is 2. The smallest absolute Gasteiger partial charge is 0.256 e. The fraction of sp³-hybridized carbons (Fsp3) is 0.217. The summed E-state index contributed by atoms with van der Waals surface area (Å²) in [6, 6.07) is 9.02. The van der Waals surface area contributed by atoms with Crippen LogP contribution in [-0.4, -0.2) is 56.5 Å². The van der Waals surface area contributed by atoms with Gasteiger partial charge < -0.3 is 26.4 Å². The molecule has 1 aliphatic heterocycles. The highest BCUT2D eigenvalue weighted by Crippen LogP contribution is 2.24. The molecule has 0 bridgehead atoms. The Balaban J connectivity index is 1.30. The maximum atomic E-state index is 12.7. The first-order chi connectivity index (χ1) is 16.1. The van der Waals surface area contributed by atoms with Crippen LogP contribution in [0.25, 0.3) is 16.7 Å². The topological polar surface area (TPSA) is 137 Å². The number of amides is 1. The van der Waals surface area contributed by atoms with E-state index in [9.17, 15) is 4.79 Å². The number of carbonyl (C=O) groups is 1. The monoisotopic (exact) mass is 444 g/mol. The van der Waals surface area contributed by atoms with Gasteiger partial charge in [-0.2, -0.15) is 0 Å². The number of benzene rings is 1. The normalized spacial score (nSPS) is 13.9. The molecule has 0 radical (unpaired) electrons. The van der Waals surface area contributed by atoms with Crippen LogP contribution >= 0.6 is 0 Å². The summed E-state index contributed by atoms with van der Waals surface area (Å²) in [5.41, 5.74) is 15.4. The summed E-state index contributed by atoms with van der Waals surface area (Å²) >= 11 is 0. The zero-order valence-corrected chi connectivity index (χ0v) is 17.9. The van der Waals surface area contributed by atoms with Gasteiger partial charge in [0.25, 0.3) is 5.91 Å². The number of piperazine rings is 1. The Hall–Kier alpha value is -4.18. The SMILES string of the molecule is Nc1cc(OCc2cncc(-n3ccc4c(N)ncnc43)c2)ccc1C(=O)N1CCNCC1. The number of hydrogen-bond acceptors (Lipinski definition) is 8. The van der Waals surface area contributed by atoms with E-state index in [1.165, 1.54) is 6.33 Å². The van der Waals surface area contributed by atoms with Crippen LogP contribution < -0.4 is 21.5 Å². The van der Waals surface area contributed by atoms with Crippen molar-refractivity contribution in [1.82, 2.24) is 29.7 Å². The van der Waals surface area contributed by atoms with E-state index in [1.54, 1.807) is 30.6 Å². The molecule has 4 heterocycles. The predicted octanol–water partition coefficient (Wildman–Crippen LogP) is 1.60. The highest BCUT2D eigenvalue weighted by molar-refractivity contribution is 5.99. The third-order valence-electron chi connectivity index (χ3n) is 5.63. The first-order valence-corrected chi connectivity index (χ1v) is 10.6. The molecular weight excluding hydrogens is 420 g/mol. The quantitative estimate of drug-likeness (QED) is 0.395. The third-order valence-corrected chi connectivity index (χ3v) is 5.63. The average Bonchev–Trinajstić information content (AvgIpc) is 3.29. The molecule has 1 amide bonds. The van der Waals surface area contributed by atoms with Crippen molar-refractivity contribution in [3.8, 4) is 11.4 Å². The number of hydrogen-bond donors (Lipinski definition) is 3. The molecule has 0 atom stereocenters. The minimum atomic E-state index is -0.0548. The highest BCUT2D eigenvalue weighted by Gasteiger charge is 2.20. The number of carbonyl (C=O) groups excluding carboxylic acids is 1. The van der Waals surface area contributed by atoms with Crippen molar-refractivity contribution in [2.75, 3.05) is 37.6 Å². The second-order valence-corrected chi connectivity index (χ2v) is 7.81. The van der Waals surface area contributed by atoms with Gasteiger partial charge in [0.05, 0.1) is 22.8 Å². The number of nitrogen functional groups attached to an aromatic ring is 2. The molecule has 168 valence electrons. The maximum Gasteiger partial charge on any atom is 0.256 e. The average molecular weight is 444 g/mol. The van der Waals surface area contributed by atoms with E-state index in [1.807, 2.05) is 27.8 Å². The molecule has 4 aromatic rings. The molecule has 0 spiro atoms. The summed E-state index contributed by atoms with van der Waals surface area (Å²) in [5.74, 6) is 0.963. The molecule has 10 nitrogen and oxygen atoms in total. The van der Waals surface area contributed by atoms with Crippen LogP contribution in [0.15, 0.2) is 55.2 Å². The van der Waals surface area contributed by atoms with Crippen molar-refractivity contribution in [1.29, 1.82) is 0 Å². The Bertz CT molecular complexity index is 1310. The highest BCUT2D eigenvalue weighted by atomic mass is 16.5. The van der Waals surface area contributed by atoms with Crippen LogP contribution in [-0.2, 0) is 6.61 Å².